The van der Waals surface area contributed by atoms with Crippen LogP contribution < -0.4 is 10.7 Å². The molecule has 20 heavy (non-hydrogen) atoms. The van der Waals surface area contributed by atoms with Crippen molar-refractivity contribution in [3.8, 4) is 0 Å². The van der Waals surface area contributed by atoms with E-state index in [-0.39, 0.29) is 6.54 Å². The van der Waals surface area contributed by atoms with Crippen molar-refractivity contribution in [2.45, 2.75) is 0 Å². The number of nitrogens with one attached hydrogen (secondary N) is 2. The van der Waals surface area contributed by atoms with Crippen molar-refractivity contribution in [3.05, 3.63) is 33.8 Å². The van der Waals surface area contributed by atoms with Crippen molar-refractivity contribution in [2.75, 3.05) is 20.3 Å². The van der Waals surface area contributed by atoms with Gasteiger partial charge in [0.05, 0.1) is 22.9 Å². The summed E-state index contributed by atoms with van der Waals surface area (Å²) in [6.45, 7) is 0.556. The number of hydrazone groups is 1. The van der Waals surface area contributed by atoms with E-state index in [9.17, 15) is 9.59 Å². The van der Waals surface area contributed by atoms with Gasteiger partial charge in [0, 0.05) is 19.2 Å². The van der Waals surface area contributed by atoms with Crippen LogP contribution in [0.3, 0.4) is 0 Å². The number of hydrogen-bond acceptors (Lipinski definition) is 4. The molecular formula is C12H13Cl2N3O3. The highest BCUT2D eigenvalue weighted by molar-refractivity contribution is 6.38. The lowest BCUT2D eigenvalue weighted by atomic mass is 10.2. The predicted octanol–water partition coefficient (Wildman–Crippen LogP) is 1.21. The molecular weight excluding hydrogens is 305 g/mol. The standard InChI is InChI=1S/C12H13Cl2N3O3/c1-20-6-5-15-11(18)12(19)17-16-7-8-9(13)3-2-4-10(8)14/h2-4,7H,5-6H2,1H3,(H,15,18)(H,17,19)/b16-7-. The molecule has 0 radical (unpaired) electrons. The van der Waals surface area contributed by atoms with E-state index >= 15 is 0 Å². The van der Waals surface area contributed by atoms with Gasteiger partial charge >= 0.3 is 11.8 Å². The van der Waals surface area contributed by atoms with Crippen LogP contribution in [-0.2, 0) is 14.3 Å². The first-order valence-corrected chi connectivity index (χ1v) is 6.36. The maximum Gasteiger partial charge on any atom is 0.329 e. The zero-order valence-electron chi connectivity index (χ0n) is 10.7. The topological polar surface area (TPSA) is 79.8 Å². The zero-order chi connectivity index (χ0) is 15.0. The van der Waals surface area contributed by atoms with Crippen LogP contribution in [0.1, 0.15) is 5.56 Å². The molecule has 0 aliphatic heterocycles. The van der Waals surface area contributed by atoms with Crippen LogP contribution in [-0.4, -0.2) is 38.3 Å². The van der Waals surface area contributed by atoms with Gasteiger partial charge in [-0.15, -0.1) is 0 Å². The van der Waals surface area contributed by atoms with E-state index in [1.165, 1.54) is 13.3 Å². The molecule has 2 N–H and O–H groups in total. The number of hydrogen-bond donors (Lipinski definition) is 2. The van der Waals surface area contributed by atoms with Gasteiger partial charge in [0.15, 0.2) is 0 Å². The predicted molar refractivity (Wildman–Crippen MR) is 77.1 cm³/mol. The van der Waals surface area contributed by atoms with Gasteiger partial charge in [-0.25, -0.2) is 5.43 Å². The first kappa shape index (κ1) is 16.4. The summed E-state index contributed by atoms with van der Waals surface area (Å²) in [6, 6.07) is 4.95. The van der Waals surface area contributed by atoms with Crippen molar-refractivity contribution in [1.82, 2.24) is 10.7 Å². The summed E-state index contributed by atoms with van der Waals surface area (Å²) < 4.78 is 4.73. The van der Waals surface area contributed by atoms with Crippen LogP contribution in [0.25, 0.3) is 0 Å². The maximum atomic E-state index is 11.4. The van der Waals surface area contributed by atoms with Gasteiger partial charge < -0.3 is 10.1 Å². The minimum absolute atomic E-state index is 0.239. The third-order valence-electron chi connectivity index (χ3n) is 2.16. The van der Waals surface area contributed by atoms with Crippen LogP contribution in [0, 0.1) is 0 Å². The van der Waals surface area contributed by atoms with Gasteiger partial charge in [-0.3, -0.25) is 9.59 Å². The molecule has 0 aromatic heterocycles. The summed E-state index contributed by atoms with van der Waals surface area (Å²) in [5.74, 6) is -1.69. The Hall–Kier alpha value is -1.63. The summed E-state index contributed by atoms with van der Waals surface area (Å²) in [5.41, 5.74) is 2.53. The van der Waals surface area contributed by atoms with E-state index in [1.54, 1.807) is 18.2 Å². The Labute approximate surface area is 126 Å². The van der Waals surface area contributed by atoms with Gasteiger partial charge in [-0.2, -0.15) is 5.10 Å². The smallest absolute Gasteiger partial charge is 0.329 e. The van der Waals surface area contributed by atoms with Crippen molar-refractivity contribution in [2.24, 2.45) is 5.10 Å². The Bertz CT molecular complexity index is 500. The van der Waals surface area contributed by atoms with E-state index in [1.807, 2.05) is 0 Å². The fourth-order valence-corrected chi connectivity index (χ4v) is 1.68. The molecule has 0 unspecified atom stereocenters. The molecule has 1 rings (SSSR count). The molecule has 2 amide bonds. The normalized spacial score (nSPS) is 10.6. The summed E-state index contributed by atoms with van der Waals surface area (Å²) in [4.78, 5) is 22.6. The van der Waals surface area contributed by atoms with E-state index in [0.29, 0.717) is 22.2 Å². The minimum Gasteiger partial charge on any atom is -0.383 e. The second-order valence-electron chi connectivity index (χ2n) is 3.58. The largest absolute Gasteiger partial charge is 0.383 e. The summed E-state index contributed by atoms with van der Waals surface area (Å²) in [6.07, 6.45) is 1.27. The lowest BCUT2D eigenvalue weighted by molar-refractivity contribution is -0.139. The number of amides is 2. The van der Waals surface area contributed by atoms with Crippen LogP contribution >= 0.6 is 23.2 Å². The third kappa shape index (κ3) is 5.16. The molecule has 0 spiro atoms. The van der Waals surface area contributed by atoms with Gasteiger partial charge in [-0.05, 0) is 12.1 Å². The highest BCUT2D eigenvalue weighted by Crippen LogP contribution is 2.21. The highest BCUT2D eigenvalue weighted by Gasteiger charge is 2.11. The summed E-state index contributed by atoms with van der Waals surface area (Å²) >= 11 is 11.8. The Morgan fingerprint density at radius 1 is 1.30 bits per heavy atom. The summed E-state index contributed by atoms with van der Waals surface area (Å²) in [5, 5.41) is 6.76. The molecule has 108 valence electrons. The number of benzene rings is 1. The van der Waals surface area contributed by atoms with Gasteiger partial charge in [0.1, 0.15) is 0 Å². The monoisotopic (exact) mass is 317 g/mol. The van der Waals surface area contributed by atoms with E-state index in [4.69, 9.17) is 27.9 Å². The second kappa shape index (κ2) is 8.52. The molecule has 0 atom stereocenters. The fourth-order valence-electron chi connectivity index (χ4n) is 1.19. The zero-order valence-corrected chi connectivity index (χ0v) is 12.2. The Balaban J connectivity index is 2.52. The lowest BCUT2D eigenvalue weighted by Crippen LogP contribution is -2.39. The molecule has 0 aliphatic rings. The number of rotatable bonds is 5. The number of methoxy groups -OCH3 is 1. The second-order valence-corrected chi connectivity index (χ2v) is 4.40. The third-order valence-corrected chi connectivity index (χ3v) is 2.82. The number of carbonyl (C=O) groups is 2. The van der Waals surface area contributed by atoms with Crippen molar-refractivity contribution >= 4 is 41.2 Å². The SMILES string of the molecule is COCCNC(=O)C(=O)N/N=C\c1c(Cl)cccc1Cl. The number of nitrogens with zero attached hydrogens (tertiary/aromatic N) is 1. The van der Waals surface area contributed by atoms with Crippen molar-refractivity contribution in [1.29, 1.82) is 0 Å². The fraction of sp³-hybridized carbons (Fsp3) is 0.250. The number of carbonyl (C=O) groups excluding carboxylic acids is 2. The molecule has 6 nitrogen and oxygen atoms in total. The molecule has 1 aromatic rings. The molecule has 0 saturated heterocycles. The molecule has 0 bridgehead atoms. The highest BCUT2D eigenvalue weighted by atomic mass is 35.5. The Kier molecular flexibility index (Phi) is 7.00. The quantitative estimate of drug-likeness (QED) is 0.371. The summed E-state index contributed by atoms with van der Waals surface area (Å²) in [7, 11) is 1.49. The van der Waals surface area contributed by atoms with Crippen LogP contribution in [0.2, 0.25) is 10.0 Å². The number of ether oxygens (including phenoxy) is 1. The molecule has 0 saturated carbocycles. The van der Waals surface area contributed by atoms with Crippen molar-refractivity contribution < 1.29 is 14.3 Å². The van der Waals surface area contributed by atoms with Gasteiger partial charge in [0.2, 0.25) is 0 Å². The van der Waals surface area contributed by atoms with Crippen molar-refractivity contribution in [3.63, 3.8) is 0 Å². The molecule has 0 fully saturated rings. The average Bonchev–Trinajstić information content (AvgIpc) is 2.42. The van der Waals surface area contributed by atoms with Crippen LogP contribution in [0.4, 0.5) is 0 Å². The Morgan fingerprint density at radius 3 is 2.55 bits per heavy atom. The van der Waals surface area contributed by atoms with Crippen LogP contribution in [0.15, 0.2) is 23.3 Å². The number of halogens is 2. The van der Waals surface area contributed by atoms with E-state index < -0.39 is 11.8 Å². The minimum atomic E-state index is -0.888. The van der Waals surface area contributed by atoms with Gasteiger partial charge in [0.25, 0.3) is 0 Å². The van der Waals surface area contributed by atoms with Gasteiger partial charge in [-0.1, -0.05) is 29.3 Å². The van der Waals surface area contributed by atoms with E-state index in [2.05, 4.69) is 15.8 Å². The first-order chi connectivity index (χ1) is 9.56. The van der Waals surface area contributed by atoms with E-state index in [0.717, 1.165) is 0 Å². The molecule has 0 aliphatic carbocycles. The molecule has 0 heterocycles. The average molecular weight is 318 g/mol. The molecule has 8 heteroatoms. The van der Waals surface area contributed by atoms with Crippen LogP contribution in [0.5, 0.6) is 0 Å². The molecule has 1 aromatic carbocycles. The Morgan fingerprint density at radius 2 is 1.95 bits per heavy atom. The first-order valence-electron chi connectivity index (χ1n) is 5.60. The maximum absolute atomic E-state index is 11.4. The lowest BCUT2D eigenvalue weighted by Gasteiger charge is -2.03.